The van der Waals surface area contributed by atoms with Gasteiger partial charge in [0.1, 0.15) is 16.8 Å². The molecule has 0 radical (unpaired) electrons. The lowest BCUT2D eigenvalue weighted by molar-refractivity contribution is -0.385. The van der Waals surface area contributed by atoms with Gasteiger partial charge in [0.05, 0.1) is 16.7 Å². The topological polar surface area (TPSA) is 88.8 Å². The number of ether oxygens (including phenoxy) is 1. The highest BCUT2D eigenvalue weighted by molar-refractivity contribution is 7.22. The highest BCUT2D eigenvalue weighted by Crippen LogP contribution is 2.37. The summed E-state index contributed by atoms with van der Waals surface area (Å²) in [6.07, 6.45) is 0. The minimum atomic E-state index is -0.572. The van der Waals surface area contributed by atoms with Crippen molar-refractivity contribution in [2.24, 2.45) is 0 Å². The van der Waals surface area contributed by atoms with Crippen LogP contribution in [0.4, 0.5) is 10.8 Å². The number of aromatic nitrogens is 1. The fourth-order valence-corrected chi connectivity index (χ4v) is 4.68. The van der Waals surface area contributed by atoms with Gasteiger partial charge in [-0.3, -0.25) is 19.8 Å². The Kier molecular flexibility index (Phi) is 9.42. The van der Waals surface area contributed by atoms with E-state index >= 15 is 0 Å². The first-order valence-electron chi connectivity index (χ1n) is 10.2. The van der Waals surface area contributed by atoms with Crippen molar-refractivity contribution >= 4 is 62.3 Å². The summed E-state index contributed by atoms with van der Waals surface area (Å²) in [5.74, 6) is 0.0972. The fourth-order valence-electron chi connectivity index (χ4n) is 3.43. The molecule has 0 N–H and O–H groups in total. The molecule has 0 saturated heterocycles. The van der Waals surface area contributed by atoms with E-state index in [4.69, 9.17) is 21.3 Å². The molecule has 1 amide bonds. The fraction of sp³-hybridized carbons (Fsp3) is 0.364. The van der Waals surface area contributed by atoms with E-state index in [1.165, 1.54) is 34.4 Å². The molecule has 33 heavy (non-hydrogen) atoms. The van der Waals surface area contributed by atoms with Gasteiger partial charge in [-0.15, -0.1) is 12.4 Å². The van der Waals surface area contributed by atoms with Crippen molar-refractivity contribution in [2.45, 2.75) is 20.8 Å². The van der Waals surface area contributed by atoms with Crippen LogP contribution in [0.15, 0.2) is 30.3 Å². The molecule has 0 fully saturated rings. The summed E-state index contributed by atoms with van der Waals surface area (Å²) in [6.45, 7) is 8.62. The quantitative estimate of drug-likeness (QED) is 0.274. The molecule has 0 aliphatic carbocycles. The second-order valence-corrected chi connectivity index (χ2v) is 8.58. The van der Waals surface area contributed by atoms with Crippen molar-refractivity contribution in [1.82, 2.24) is 9.88 Å². The zero-order valence-corrected chi connectivity index (χ0v) is 21.2. The number of benzene rings is 2. The van der Waals surface area contributed by atoms with E-state index in [1.54, 1.807) is 7.11 Å². The number of fused-ring (bicyclic) bond motifs is 1. The van der Waals surface area contributed by atoms with E-state index in [0.29, 0.717) is 29.5 Å². The number of aryl methyl sites for hydroxylation is 1. The summed E-state index contributed by atoms with van der Waals surface area (Å²) in [7, 11) is 1.57. The number of nitro groups is 1. The number of hydrogen-bond donors (Lipinski definition) is 0. The number of methoxy groups -OCH3 is 1. The van der Waals surface area contributed by atoms with Gasteiger partial charge in [-0.1, -0.05) is 42.9 Å². The van der Waals surface area contributed by atoms with Gasteiger partial charge in [-0.25, -0.2) is 4.98 Å². The largest absolute Gasteiger partial charge is 0.494 e. The number of anilines is 1. The van der Waals surface area contributed by atoms with E-state index in [0.717, 1.165) is 23.4 Å². The second-order valence-electron chi connectivity index (χ2n) is 7.16. The maximum atomic E-state index is 13.6. The number of carbonyl (C=O) groups is 1. The molecular formula is C22H26Cl2N4O4S. The lowest BCUT2D eigenvalue weighted by Gasteiger charge is -2.24. The zero-order chi connectivity index (χ0) is 23.4. The van der Waals surface area contributed by atoms with E-state index in [9.17, 15) is 14.9 Å². The smallest absolute Gasteiger partial charge is 0.282 e. The highest BCUT2D eigenvalue weighted by atomic mass is 35.5. The Balaban J connectivity index is 0.00000385. The number of hydrogen-bond acceptors (Lipinski definition) is 7. The van der Waals surface area contributed by atoms with Crippen LogP contribution in [-0.4, -0.2) is 54.0 Å². The molecular weight excluding hydrogens is 487 g/mol. The van der Waals surface area contributed by atoms with Crippen molar-refractivity contribution < 1.29 is 14.5 Å². The zero-order valence-electron chi connectivity index (χ0n) is 18.8. The summed E-state index contributed by atoms with van der Waals surface area (Å²) >= 11 is 7.44. The normalized spacial score (nSPS) is 10.8. The summed E-state index contributed by atoms with van der Waals surface area (Å²) in [4.78, 5) is 33.0. The number of thiazole rings is 1. The van der Waals surface area contributed by atoms with E-state index in [2.05, 4.69) is 4.90 Å². The maximum Gasteiger partial charge on any atom is 0.282 e. The van der Waals surface area contributed by atoms with Gasteiger partial charge in [0.15, 0.2) is 5.13 Å². The molecule has 0 unspecified atom stereocenters. The van der Waals surface area contributed by atoms with Crippen LogP contribution in [0.1, 0.15) is 29.8 Å². The predicted octanol–water partition coefficient (Wildman–Crippen LogP) is 5.59. The van der Waals surface area contributed by atoms with E-state index < -0.39 is 10.8 Å². The molecule has 3 aromatic rings. The number of halogens is 2. The standard InChI is InChI=1S/C22H25ClN4O4S.ClH/c1-5-25(6-2)11-12-26(21(28)16-13-15(23)8-9-17(16)27(29)30)22-24-19-18(31-4)10-7-14(3)20(19)32-22;/h7-10,13H,5-6,11-12H2,1-4H3;1H. The van der Waals surface area contributed by atoms with Gasteiger partial charge in [0, 0.05) is 24.2 Å². The maximum absolute atomic E-state index is 13.6. The van der Waals surface area contributed by atoms with Crippen LogP contribution >= 0.6 is 35.3 Å². The minimum Gasteiger partial charge on any atom is -0.494 e. The molecule has 0 spiro atoms. The molecule has 0 bridgehead atoms. The molecule has 3 rings (SSSR count). The molecule has 1 heterocycles. The molecule has 2 aromatic carbocycles. The van der Waals surface area contributed by atoms with Crippen LogP contribution in [0.3, 0.4) is 0 Å². The lowest BCUT2D eigenvalue weighted by Crippen LogP contribution is -2.39. The van der Waals surface area contributed by atoms with Crippen molar-refractivity contribution in [3.8, 4) is 5.75 Å². The van der Waals surface area contributed by atoms with Crippen LogP contribution in [0.5, 0.6) is 5.75 Å². The van der Waals surface area contributed by atoms with Crippen LogP contribution in [0, 0.1) is 17.0 Å². The van der Waals surface area contributed by atoms with Gasteiger partial charge in [0.2, 0.25) is 0 Å². The van der Waals surface area contributed by atoms with Crippen molar-refractivity contribution in [3.05, 3.63) is 56.6 Å². The Morgan fingerprint density at radius 1 is 1.21 bits per heavy atom. The van der Waals surface area contributed by atoms with Crippen LogP contribution in [0.25, 0.3) is 10.2 Å². The van der Waals surface area contributed by atoms with Gasteiger partial charge < -0.3 is 9.64 Å². The number of carbonyl (C=O) groups excluding carboxylic acids is 1. The first kappa shape index (κ1) is 26.8. The third-order valence-electron chi connectivity index (χ3n) is 5.31. The molecule has 0 aliphatic heterocycles. The SMILES string of the molecule is CCN(CC)CCN(C(=O)c1cc(Cl)ccc1[N+](=O)[O-])c1nc2c(OC)ccc(C)c2s1.Cl. The van der Waals surface area contributed by atoms with E-state index in [1.807, 2.05) is 32.9 Å². The summed E-state index contributed by atoms with van der Waals surface area (Å²) in [5, 5.41) is 12.3. The number of rotatable bonds is 9. The van der Waals surface area contributed by atoms with Gasteiger partial charge >= 0.3 is 0 Å². The Hall–Kier alpha value is -2.46. The number of likely N-dealkylation sites (N-methyl/N-ethyl adjacent to an activating group) is 1. The predicted molar refractivity (Wildman–Crippen MR) is 136 cm³/mol. The van der Waals surface area contributed by atoms with Gasteiger partial charge in [-0.05, 0) is 43.8 Å². The Morgan fingerprint density at radius 2 is 1.91 bits per heavy atom. The monoisotopic (exact) mass is 512 g/mol. The van der Waals surface area contributed by atoms with E-state index in [-0.39, 0.29) is 28.7 Å². The number of nitro benzene ring substituents is 1. The Morgan fingerprint density at radius 3 is 2.52 bits per heavy atom. The lowest BCUT2D eigenvalue weighted by atomic mass is 10.1. The second kappa shape index (κ2) is 11.6. The van der Waals surface area contributed by atoms with Crippen molar-refractivity contribution in [3.63, 3.8) is 0 Å². The average molecular weight is 513 g/mol. The molecule has 0 atom stereocenters. The molecule has 11 heteroatoms. The third-order valence-corrected chi connectivity index (χ3v) is 6.76. The van der Waals surface area contributed by atoms with Crippen LogP contribution < -0.4 is 9.64 Å². The Bertz CT molecular complexity index is 1150. The summed E-state index contributed by atoms with van der Waals surface area (Å²) in [5.41, 5.74) is 1.32. The summed E-state index contributed by atoms with van der Waals surface area (Å²) < 4.78 is 6.35. The minimum absolute atomic E-state index is 0. The molecule has 8 nitrogen and oxygen atoms in total. The molecule has 178 valence electrons. The van der Waals surface area contributed by atoms with Gasteiger partial charge in [0.25, 0.3) is 11.6 Å². The Labute approximate surface area is 207 Å². The van der Waals surface area contributed by atoms with Crippen molar-refractivity contribution in [1.29, 1.82) is 0 Å². The molecule has 0 aliphatic rings. The average Bonchev–Trinajstić information content (AvgIpc) is 3.22. The van der Waals surface area contributed by atoms with Crippen LogP contribution in [0.2, 0.25) is 5.02 Å². The summed E-state index contributed by atoms with van der Waals surface area (Å²) in [6, 6.07) is 7.77. The van der Waals surface area contributed by atoms with Crippen LogP contribution in [-0.2, 0) is 0 Å². The molecule has 1 aromatic heterocycles. The number of amides is 1. The first-order chi connectivity index (χ1) is 15.3. The van der Waals surface area contributed by atoms with Crippen molar-refractivity contribution in [2.75, 3.05) is 38.2 Å². The third kappa shape index (κ3) is 5.73. The number of nitrogens with zero attached hydrogens (tertiary/aromatic N) is 4. The highest BCUT2D eigenvalue weighted by Gasteiger charge is 2.29. The molecule has 0 saturated carbocycles. The first-order valence-corrected chi connectivity index (χ1v) is 11.4. The van der Waals surface area contributed by atoms with Gasteiger partial charge in [-0.2, -0.15) is 0 Å².